The number of hydrogen-bond donors (Lipinski definition) is 1. The summed E-state index contributed by atoms with van der Waals surface area (Å²) in [6, 6.07) is 10.0. The van der Waals surface area contributed by atoms with Gasteiger partial charge in [0.25, 0.3) is 0 Å². The zero-order chi connectivity index (χ0) is 19.6. The van der Waals surface area contributed by atoms with Crippen molar-refractivity contribution in [1.29, 1.82) is 0 Å². The summed E-state index contributed by atoms with van der Waals surface area (Å²) in [5.74, 6) is -1.18. The van der Waals surface area contributed by atoms with Crippen LogP contribution in [0.3, 0.4) is 0 Å². The molecule has 5 nitrogen and oxygen atoms in total. The average molecular weight is 409 g/mol. The number of nitrogens with one attached hydrogen (secondary N) is 1. The van der Waals surface area contributed by atoms with E-state index in [-0.39, 0.29) is 5.69 Å². The molecular formula is C18H15ClF2N4OS. The number of anilines is 1. The lowest BCUT2D eigenvalue weighted by atomic mass is 10.2. The summed E-state index contributed by atoms with van der Waals surface area (Å²) in [5, 5.41) is 11.2. The lowest BCUT2D eigenvalue weighted by molar-refractivity contribution is -0.115. The fourth-order valence-corrected chi connectivity index (χ4v) is 3.25. The number of thioether (sulfide) groups is 1. The molecule has 0 spiro atoms. The zero-order valence-corrected chi connectivity index (χ0v) is 16.0. The van der Waals surface area contributed by atoms with E-state index in [1.165, 1.54) is 0 Å². The Bertz CT molecular complexity index is 978. The van der Waals surface area contributed by atoms with Crippen LogP contribution in [0.1, 0.15) is 6.92 Å². The van der Waals surface area contributed by atoms with Crippen molar-refractivity contribution < 1.29 is 13.6 Å². The van der Waals surface area contributed by atoms with E-state index in [2.05, 4.69) is 15.5 Å². The normalized spacial score (nSPS) is 12.0. The van der Waals surface area contributed by atoms with Crippen molar-refractivity contribution in [2.75, 3.05) is 5.32 Å². The van der Waals surface area contributed by atoms with Crippen molar-refractivity contribution in [2.45, 2.75) is 17.3 Å². The van der Waals surface area contributed by atoms with Crippen LogP contribution in [-0.4, -0.2) is 25.9 Å². The van der Waals surface area contributed by atoms with Gasteiger partial charge in [-0.25, -0.2) is 8.78 Å². The Balaban J connectivity index is 1.72. The van der Waals surface area contributed by atoms with E-state index in [0.717, 1.165) is 35.5 Å². The predicted octanol–water partition coefficient (Wildman–Crippen LogP) is 4.53. The van der Waals surface area contributed by atoms with E-state index in [1.807, 2.05) is 12.1 Å². The number of nitrogens with zero attached hydrogens (tertiary/aromatic N) is 3. The van der Waals surface area contributed by atoms with Crippen molar-refractivity contribution in [2.24, 2.45) is 7.05 Å². The maximum absolute atomic E-state index is 13.7. The molecule has 0 saturated carbocycles. The molecule has 1 atom stereocenters. The van der Waals surface area contributed by atoms with Gasteiger partial charge in [0.2, 0.25) is 5.91 Å². The SMILES string of the molecule is C[C@H](Sc1nnc(-c2ccc(Cl)cc2)n1C)C(=O)Nc1cc(F)ccc1F. The second-order valence-electron chi connectivity index (χ2n) is 5.75. The number of carbonyl (C=O) groups excluding carboxylic acids is 1. The summed E-state index contributed by atoms with van der Waals surface area (Å²) < 4.78 is 28.7. The van der Waals surface area contributed by atoms with Gasteiger partial charge in [0.15, 0.2) is 11.0 Å². The Labute approximate surface area is 163 Å². The number of halogens is 3. The molecule has 2 aromatic carbocycles. The summed E-state index contributed by atoms with van der Waals surface area (Å²) in [4.78, 5) is 12.3. The second kappa shape index (κ2) is 8.06. The van der Waals surface area contributed by atoms with Gasteiger partial charge in [0.1, 0.15) is 11.6 Å². The van der Waals surface area contributed by atoms with E-state index >= 15 is 0 Å². The second-order valence-corrected chi connectivity index (χ2v) is 7.49. The highest BCUT2D eigenvalue weighted by Gasteiger charge is 2.20. The van der Waals surface area contributed by atoms with Crippen LogP contribution in [0.15, 0.2) is 47.6 Å². The van der Waals surface area contributed by atoms with E-state index < -0.39 is 22.8 Å². The lowest BCUT2D eigenvalue weighted by Crippen LogP contribution is -2.23. The largest absolute Gasteiger partial charge is 0.323 e. The highest BCUT2D eigenvalue weighted by molar-refractivity contribution is 8.00. The minimum atomic E-state index is -0.703. The zero-order valence-electron chi connectivity index (χ0n) is 14.4. The van der Waals surface area contributed by atoms with Gasteiger partial charge in [0.05, 0.1) is 10.9 Å². The molecular weight excluding hydrogens is 394 g/mol. The van der Waals surface area contributed by atoms with Crippen LogP contribution >= 0.6 is 23.4 Å². The van der Waals surface area contributed by atoms with Gasteiger partial charge in [-0.2, -0.15) is 0 Å². The quantitative estimate of drug-likeness (QED) is 0.630. The van der Waals surface area contributed by atoms with E-state index in [4.69, 9.17) is 11.6 Å². The van der Waals surface area contributed by atoms with Gasteiger partial charge in [-0.3, -0.25) is 4.79 Å². The van der Waals surface area contributed by atoms with Crippen LogP contribution in [0.2, 0.25) is 5.02 Å². The molecule has 0 unspecified atom stereocenters. The summed E-state index contributed by atoms with van der Waals surface area (Å²) in [5.41, 5.74) is 0.632. The van der Waals surface area contributed by atoms with Gasteiger partial charge in [-0.05, 0) is 43.3 Å². The van der Waals surface area contributed by atoms with Crippen LogP contribution < -0.4 is 5.32 Å². The first-order chi connectivity index (χ1) is 12.8. The fraction of sp³-hybridized carbons (Fsp3) is 0.167. The van der Waals surface area contributed by atoms with Crippen molar-refractivity contribution in [3.05, 3.63) is 59.1 Å². The monoisotopic (exact) mass is 408 g/mol. The molecule has 0 aliphatic carbocycles. The van der Waals surface area contributed by atoms with Gasteiger partial charge in [0, 0.05) is 23.7 Å². The third-order valence-corrected chi connectivity index (χ3v) is 5.16. The molecule has 3 aromatic rings. The molecule has 1 heterocycles. The first-order valence-electron chi connectivity index (χ1n) is 7.93. The molecule has 0 saturated heterocycles. The van der Waals surface area contributed by atoms with Gasteiger partial charge in [-0.15, -0.1) is 10.2 Å². The highest BCUT2D eigenvalue weighted by atomic mass is 35.5. The predicted molar refractivity (Wildman–Crippen MR) is 102 cm³/mol. The molecule has 0 fully saturated rings. The summed E-state index contributed by atoms with van der Waals surface area (Å²) in [6.45, 7) is 1.65. The maximum Gasteiger partial charge on any atom is 0.237 e. The Kier molecular flexibility index (Phi) is 5.76. The van der Waals surface area contributed by atoms with Crippen LogP contribution in [0.25, 0.3) is 11.4 Å². The molecule has 0 aliphatic rings. The van der Waals surface area contributed by atoms with E-state index in [9.17, 15) is 13.6 Å². The molecule has 0 bridgehead atoms. The Morgan fingerprint density at radius 2 is 1.89 bits per heavy atom. The highest BCUT2D eigenvalue weighted by Crippen LogP contribution is 2.27. The summed E-state index contributed by atoms with van der Waals surface area (Å²) in [7, 11) is 1.78. The molecule has 1 amide bonds. The average Bonchev–Trinajstić information content (AvgIpc) is 2.99. The number of benzene rings is 2. The first kappa shape index (κ1) is 19.3. The molecule has 1 aromatic heterocycles. The van der Waals surface area contributed by atoms with Gasteiger partial charge in [-0.1, -0.05) is 23.4 Å². The van der Waals surface area contributed by atoms with Crippen LogP contribution in [0.4, 0.5) is 14.5 Å². The molecule has 140 valence electrons. The number of amides is 1. The number of carbonyl (C=O) groups is 1. The van der Waals surface area contributed by atoms with Crippen molar-refractivity contribution in [3.63, 3.8) is 0 Å². The van der Waals surface area contributed by atoms with Crippen LogP contribution in [0, 0.1) is 11.6 Å². The van der Waals surface area contributed by atoms with Crippen molar-refractivity contribution in [3.8, 4) is 11.4 Å². The number of hydrogen-bond acceptors (Lipinski definition) is 4. The molecule has 0 radical (unpaired) electrons. The molecule has 9 heteroatoms. The van der Waals surface area contributed by atoms with E-state index in [0.29, 0.717) is 16.0 Å². The minimum Gasteiger partial charge on any atom is -0.323 e. The Morgan fingerprint density at radius 3 is 2.59 bits per heavy atom. The minimum absolute atomic E-state index is 0.202. The lowest BCUT2D eigenvalue weighted by Gasteiger charge is -2.12. The Morgan fingerprint density at radius 1 is 1.19 bits per heavy atom. The number of rotatable bonds is 5. The Hall–Kier alpha value is -2.45. The fourth-order valence-electron chi connectivity index (χ4n) is 2.31. The summed E-state index contributed by atoms with van der Waals surface area (Å²) in [6.07, 6.45) is 0. The first-order valence-corrected chi connectivity index (χ1v) is 9.19. The molecule has 1 N–H and O–H groups in total. The molecule has 27 heavy (non-hydrogen) atoms. The van der Waals surface area contributed by atoms with Crippen LogP contribution in [0.5, 0.6) is 0 Å². The number of aromatic nitrogens is 3. The third-order valence-electron chi connectivity index (χ3n) is 3.78. The van der Waals surface area contributed by atoms with E-state index in [1.54, 1.807) is 30.7 Å². The standard InChI is InChI=1S/C18H15ClF2N4OS/c1-10(17(26)22-15-9-13(20)7-8-14(15)21)27-18-24-23-16(25(18)2)11-3-5-12(19)6-4-11/h3-10H,1-2H3,(H,22,26)/t10-/m0/s1. The van der Waals surface area contributed by atoms with Crippen molar-refractivity contribution in [1.82, 2.24) is 14.8 Å². The maximum atomic E-state index is 13.7. The smallest absolute Gasteiger partial charge is 0.237 e. The molecule has 3 rings (SSSR count). The summed E-state index contributed by atoms with van der Waals surface area (Å²) >= 11 is 7.05. The topological polar surface area (TPSA) is 59.8 Å². The van der Waals surface area contributed by atoms with Gasteiger partial charge >= 0.3 is 0 Å². The third kappa shape index (κ3) is 4.45. The molecule has 0 aliphatic heterocycles. The van der Waals surface area contributed by atoms with Crippen molar-refractivity contribution >= 4 is 35.0 Å². The van der Waals surface area contributed by atoms with Gasteiger partial charge < -0.3 is 9.88 Å². The van der Waals surface area contributed by atoms with Crippen LogP contribution in [-0.2, 0) is 11.8 Å².